The lowest BCUT2D eigenvalue weighted by Gasteiger charge is -2.06. The first kappa shape index (κ1) is 29.1. The average Bonchev–Trinajstić information content (AvgIpc) is 2.75. The fourth-order valence-corrected chi connectivity index (χ4v) is 2.76. The van der Waals surface area contributed by atoms with Crippen LogP contribution in [0.2, 0.25) is 0 Å². The topological polar surface area (TPSA) is 29.5 Å². The highest BCUT2D eigenvalue weighted by molar-refractivity contribution is 6.18. The summed E-state index contributed by atoms with van der Waals surface area (Å²) in [6, 6.07) is 16.8. The molecule has 0 heterocycles. The Hall–Kier alpha value is -1.87. The fourth-order valence-electron chi connectivity index (χ4n) is 2.76. The minimum absolute atomic E-state index is 0.141. The number of benzene rings is 2. The molecule has 0 unspecified atom stereocenters. The van der Waals surface area contributed by atoms with E-state index in [0.717, 1.165) is 18.4 Å². The third-order valence-corrected chi connectivity index (χ3v) is 4.35. The fraction of sp³-hybridized carbons (Fsp3) is 0.429. The average molecular weight is 445 g/mol. The summed E-state index contributed by atoms with van der Waals surface area (Å²) in [5.74, 6) is 1.97. The van der Waals surface area contributed by atoms with Crippen LogP contribution in [0.1, 0.15) is 49.9 Å². The van der Waals surface area contributed by atoms with Crippen molar-refractivity contribution in [3.8, 4) is 0 Å². The molecule has 0 radical (unpaired) electrons. The molecule has 1 N–H and O–H groups in total. The van der Waals surface area contributed by atoms with Crippen LogP contribution in [0.25, 0.3) is 0 Å². The molecule has 0 aliphatic carbocycles. The van der Waals surface area contributed by atoms with Gasteiger partial charge in [0, 0.05) is 5.88 Å². The molecular formula is C28H41ClO2. The predicted octanol–water partition coefficient (Wildman–Crippen LogP) is 7.38. The smallest absolute Gasteiger partial charge is 0.0721 e. The van der Waals surface area contributed by atoms with Crippen molar-refractivity contribution in [3.63, 3.8) is 0 Å². The molecule has 0 bridgehead atoms. The van der Waals surface area contributed by atoms with Crippen molar-refractivity contribution in [2.75, 3.05) is 12.5 Å². The first-order valence-electron chi connectivity index (χ1n) is 11.0. The normalized spacial score (nSPS) is 10.1. The molecule has 0 aliphatic rings. The van der Waals surface area contributed by atoms with Gasteiger partial charge in [-0.3, -0.25) is 0 Å². The van der Waals surface area contributed by atoms with Gasteiger partial charge in [0.25, 0.3) is 0 Å². The van der Waals surface area contributed by atoms with E-state index in [1.165, 1.54) is 16.7 Å². The van der Waals surface area contributed by atoms with Gasteiger partial charge in [-0.15, -0.1) is 24.8 Å². The SMILES string of the molecule is C=CCCl.C=CCOCc1ccc(CC(C)C)cc1.CC(C)Cc1ccc(CO)cc1. The lowest BCUT2D eigenvalue weighted by Crippen LogP contribution is -1.96. The van der Waals surface area contributed by atoms with E-state index in [2.05, 4.69) is 77.3 Å². The molecule has 0 amide bonds. The second-order valence-corrected chi connectivity index (χ2v) is 8.54. The summed E-state index contributed by atoms with van der Waals surface area (Å²) in [5, 5.41) is 8.81. The van der Waals surface area contributed by atoms with E-state index in [9.17, 15) is 0 Å². The molecule has 172 valence electrons. The standard InChI is InChI=1S/C14H20O.C11H16O.C3H5Cl/c1-4-9-15-11-14-7-5-13(6-8-14)10-12(2)3;1-9(2)7-10-3-5-11(8-12)6-4-10;1-2-3-4/h4-8,12H,1,9-11H2,2-3H3;3-6,9,12H,7-8H2,1-2H3;2H,1,3H2. The Bertz CT molecular complexity index is 688. The third kappa shape index (κ3) is 16.5. The van der Waals surface area contributed by atoms with Crippen molar-refractivity contribution >= 4 is 11.6 Å². The summed E-state index contributed by atoms with van der Waals surface area (Å²) in [4.78, 5) is 0. The van der Waals surface area contributed by atoms with Crippen LogP contribution < -0.4 is 0 Å². The summed E-state index contributed by atoms with van der Waals surface area (Å²) in [6.07, 6.45) is 5.67. The van der Waals surface area contributed by atoms with E-state index in [1.54, 1.807) is 12.2 Å². The summed E-state index contributed by atoms with van der Waals surface area (Å²) in [7, 11) is 0. The van der Waals surface area contributed by atoms with Gasteiger partial charge < -0.3 is 9.84 Å². The second kappa shape index (κ2) is 18.9. The molecule has 0 saturated carbocycles. The number of allylic oxidation sites excluding steroid dienone is 1. The molecule has 0 aromatic heterocycles. The molecule has 0 fully saturated rings. The highest BCUT2D eigenvalue weighted by Gasteiger charge is 1.98. The van der Waals surface area contributed by atoms with Crippen molar-refractivity contribution in [3.05, 3.63) is 96.1 Å². The van der Waals surface area contributed by atoms with Crippen LogP contribution in [0.15, 0.2) is 73.8 Å². The minimum atomic E-state index is 0.141. The van der Waals surface area contributed by atoms with Gasteiger partial charge in [-0.25, -0.2) is 0 Å². The van der Waals surface area contributed by atoms with E-state index in [1.807, 2.05) is 12.1 Å². The Morgan fingerprint density at radius 2 is 1.16 bits per heavy atom. The molecule has 2 aromatic carbocycles. The van der Waals surface area contributed by atoms with Crippen molar-refractivity contribution in [2.45, 2.75) is 53.8 Å². The summed E-state index contributed by atoms with van der Waals surface area (Å²) >= 11 is 5.07. The van der Waals surface area contributed by atoms with E-state index >= 15 is 0 Å². The van der Waals surface area contributed by atoms with Gasteiger partial charge in [-0.2, -0.15) is 0 Å². The van der Waals surface area contributed by atoms with E-state index in [0.29, 0.717) is 30.9 Å². The van der Waals surface area contributed by atoms with Crippen LogP contribution in [-0.4, -0.2) is 17.6 Å². The van der Waals surface area contributed by atoms with Gasteiger partial charge in [0.2, 0.25) is 0 Å². The van der Waals surface area contributed by atoms with Gasteiger partial charge in [0.1, 0.15) is 0 Å². The van der Waals surface area contributed by atoms with Crippen LogP contribution in [-0.2, 0) is 30.8 Å². The summed E-state index contributed by atoms with van der Waals surface area (Å²) < 4.78 is 5.37. The molecule has 2 aromatic rings. The highest BCUT2D eigenvalue weighted by Crippen LogP contribution is 2.11. The zero-order valence-electron chi connectivity index (χ0n) is 19.8. The molecule has 2 rings (SSSR count). The number of aliphatic hydroxyl groups is 1. The number of halogens is 1. The molecule has 0 spiro atoms. The molecule has 0 atom stereocenters. The zero-order chi connectivity index (χ0) is 23.5. The quantitative estimate of drug-likeness (QED) is 0.235. The monoisotopic (exact) mass is 444 g/mol. The molecule has 31 heavy (non-hydrogen) atoms. The number of hydrogen-bond acceptors (Lipinski definition) is 2. The molecule has 2 nitrogen and oxygen atoms in total. The largest absolute Gasteiger partial charge is 0.392 e. The number of hydrogen-bond donors (Lipinski definition) is 1. The Labute approximate surface area is 195 Å². The van der Waals surface area contributed by atoms with E-state index in [4.69, 9.17) is 21.4 Å². The lowest BCUT2D eigenvalue weighted by atomic mass is 10.0. The predicted molar refractivity (Wildman–Crippen MR) is 137 cm³/mol. The Morgan fingerprint density at radius 3 is 1.48 bits per heavy atom. The van der Waals surface area contributed by atoms with Gasteiger partial charge in [-0.1, -0.05) is 88.4 Å². The number of ether oxygens (including phenoxy) is 1. The maximum absolute atomic E-state index is 8.81. The van der Waals surface area contributed by atoms with Crippen molar-refractivity contribution in [1.29, 1.82) is 0 Å². The molecule has 0 aliphatic heterocycles. The van der Waals surface area contributed by atoms with E-state index < -0.39 is 0 Å². The van der Waals surface area contributed by atoms with Gasteiger partial charge in [0.05, 0.1) is 19.8 Å². The Morgan fingerprint density at radius 1 is 0.774 bits per heavy atom. The number of rotatable bonds is 10. The maximum atomic E-state index is 8.81. The van der Waals surface area contributed by atoms with Crippen molar-refractivity contribution in [2.24, 2.45) is 11.8 Å². The second-order valence-electron chi connectivity index (χ2n) is 8.23. The number of alkyl halides is 1. The van der Waals surface area contributed by atoms with Crippen LogP contribution in [0, 0.1) is 11.8 Å². The van der Waals surface area contributed by atoms with Gasteiger partial charge in [-0.05, 0) is 46.9 Å². The number of aliphatic hydroxyl groups excluding tert-OH is 1. The van der Waals surface area contributed by atoms with Gasteiger partial charge in [0.15, 0.2) is 0 Å². The minimum Gasteiger partial charge on any atom is -0.392 e. The maximum Gasteiger partial charge on any atom is 0.0721 e. The summed E-state index contributed by atoms with van der Waals surface area (Å²) in [5.41, 5.74) is 4.96. The zero-order valence-corrected chi connectivity index (χ0v) is 20.6. The highest BCUT2D eigenvalue weighted by atomic mass is 35.5. The van der Waals surface area contributed by atoms with E-state index in [-0.39, 0.29) is 6.61 Å². The summed E-state index contributed by atoms with van der Waals surface area (Å²) in [6.45, 7) is 17.3. The van der Waals surface area contributed by atoms with Crippen molar-refractivity contribution in [1.82, 2.24) is 0 Å². The van der Waals surface area contributed by atoms with Crippen LogP contribution in [0.5, 0.6) is 0 Å². The first-order valence-corrected chi connectivity index (χ1v) is 11.5. The Kier molecular flexibility index (Phi) is 17.7. The third-order valence-electron chi connectivity index (χ3n) is 4.13. The van der Waals surface area contributed by atoms with Gasteiger partial charge >= 0.3 is 0 Å². The van der Waals surface area contributed by atoms with Crippen molar-refractivity contribution < 1.29 is 9.84 Å². The first-order chi connectivity index (χ1) is 14.9. The molecule has 0 saturated heterocycles. The lowest BCUT2D eigenvalue weighted by molar-refractivity contribution is 0.149. The Balaban J connectivity index is 0.000000504. The molecule has 3 heteroatoms. The van der Waals surface area contributed by atoms with Crippen LogP contribution >= 0.6 is 11.6 Å². The molecular weight excluding hydrogens is 404 g/mol. The van der Waals surface area contributed by atoms with Crippen LogP contribution in [0.3, 0.4) is 0 Å². The van der Waals surface area contributed by atoms with Crippen LogP contribution in [0.4, 0.5) is 0 Å².